The highest BCUT2D eigenvalue weighted by Gasteiger charge is 2.33. The van der Waals surface area contributed by atoms with E-state index in [1.807, 2.05) is 0 Å². The van der Waals surface area contributed by atoms with E-state index in [4.69, 9.17) is 4.42 Å². The number of hydrogen-bond donors (Lipinski definition) is 2. The molecule has 0 saturated heterocycles. The van der Waals surface area contributed by atoms with Crippen molar-refractivity contribution in [3.63, 3.8) is 0 Å². The standard InChI is InChI=1S/C15H19N5O3/c1-9(2)6-12-17-15-18-13(21)7-11(20(15)19-12)14(22)16-8-10-4-3-5-23-10/h3-5,9,11H,6-8H2,1-2H3,(H,16,22)(H,17,18,19,21)/t11-/m0/s1. The fourth-order valence-electron chi connectivity index (χ4n) is 2.47. The van der Waals surface area contributed by atoms with Crippen LogP contribution in [0, 0.1) is 5.92 Å². The average Bonchev–Trinajstić information content (AvgIpc) is 3.11. The Balaban J connectivity index is 1.75. The summed E-state index contributed by atoms with van der Waals surface area (Å²) >= 11 is 0. The normalized spacial score (nSPS) is 17.0. The molecular weight excluding hydrogens is 298 g/mol. The van der Waals surface area contributed by atoms with Crippen LogP contribution >= 0.6 is 0 Å². The third kappa shape index (κ3) is 3.41. The number of amides is 2. The van der Waals surface area contributed by atoms with Crippen molar-refractivity contribution in [2.45, 2.75) is 39.3 Å². The molecule has 23 heavy (non-hydrogen) atoms. The van der Waals surface area contributed by atoms with E-state index in [9.17, 15) is 9.59 Å². The fraction of sp³-hybridized carbons (Fsp3) is 0.467. The Hall–Kier alpha value is -2.64. The minimum absolute atomic E-state index is 0.0431. The maximum Gasteiger partial charge on any atom is 0.245 e. The highest BCUT2D eigenvalue weighted by molar-refractivity contribution is 5.96. The van der Waals surface area contributed by atoms with Crippen LogP contribution in [0.5, 0.6) is 0 Å². The van der Waals surface area contributed by atoms with Gasteiger partial charge in [0.2, 0.25) is 17.8 Å². The molecule has 0 radical (unpaired) electrons. The summed E-state index contributed by atoms with van der Waals surface area (Å²) in [6, 6.07) is 2.83. The predicted octanol–water partition coefficient (Wildman–Crippen LogP) is 1.27. The van der Waals surface area contributed by atoms with Gasteiger partial charge in [0.05, 0.1) is 19.2 Å². The number of carbonyl (C=O) groups excluding carboxylic acids is 2. The zero-order valence-corrected chi connectivity index (χ0v) is 13.1. The van der Waals surface area contributed by atoms with E-state index in [0.717, 1.165) is 0 Å². The monoisotopic (exact) mass is 317 g/mol. The molecule has 2 N–H and O–H groups in total. The Bertz CT molecular complexity index is 705. The molecule has 3 heterocycles. The summed E-state index contributed by atoms with van der Waals surface area (Å²) in [6.45, 7) is 4.39. The lowest BCUT2D eigenvalue weighted by Crippen LogP contribution is -2.39. The number of aromatic nitrogens is 3. The Kier molecular flexibility index (Phi) is 4.14. The van der Waals surface area contributed by atoms with Crippen molar-refractivity contribution >= 4 is 17.8 Å². The molecule has 2 aromatic rings. The largest absolute Gasteiger partial charge is 0.467 e. The zero-order valence-electron chi connectivity index (χ0n) is 13.1. The first-order valence-corrected chi connectivity index (χ1v) is 7.58. The van der Waals surface area contributed by atoms with E-state index < -0.39 is 6.04 Å². The predicted molar refractivity (Wildman–Crippen MR) is 81.4 cm³/mol. The van der Waals surface area contributed by atoms with Crippen LogP contribution in [0.25, 0.3) is 0 Å². The Morgan fingerprint density at radius 3 is 3.09 bits per heavy atom. The third-order valence-electron chi connectivity index (χ3n) is 3.51. The highest BCUT2D eigenvalue weighted by Crippen LogP contribution is 2.23. The van der Waals surface area contributed by atoms with E-state index in [1.54, 1.807) is 18.4 Å². The molecule has 1 aliphatic heterocycles. The van der Waals surface area contributed by atoms with Gasteiger partial charge in [-0.05, 0) is 18.1 Å². The summed E-state index contributed by atoms with van der Waals surface area (Å²) in [6.07, 6.45) is 2.28. The lowest BCUT2D eigenvalue weighted by molar-refractivity contribution is -0.129. The molecule has 8 nitrogen and oxygen atoms in total. The Morgan fingerprint density at radius 1 is 1.57 bits per heavy atom. The van der Waals surface area contributed by atoms with Gasteiger partial charge in [0, 0.05) is 6.42 Å². The van der Waals surface area contributed by atoms with Crippen LogP contribution in [0.1, 0.15) is 37.9 Å². The van der Waals surface area contributed by atoms with Gasteiger partial charge in [-0.1, -0.05) is 13.8 Å². The molecule has 0 bridgehead atoms. The number of carbonyl (C=O) groups is 2. The van der Waals surface area contributed by atoms with Gasteiger partial charge in [-0.15, -0.1) is 0 Å². The zero-order chi connectivity index (χ0) is 16.4. The number of furan rings is 1. The van der Waals surface area contributed by atoms with Gasteiger partial charge in [0.15, 0.2) is 5.82 Å². The summed E-state index contributed by atoms with van der Waals surface area (Å²) in [7, 11) is 0. The molecule has 0 fully saturated rings. The van der Waals surface area contributed by atoms with Crippen LogP contribution in [-0.4, -0.2) is 26.6 Å². The molecule has 0 saturated carbocycles. The number of fused-ring (bicyclic) bond motifs is 1. The minimum Gasteiger partial charge on any atom is -0.467 e. The van der Waals surface area contributed by atoms with Gasteiger partial charge >= 0.3 is 0 Å². The average molecular weight is 317 g/mol. The molecule has 2 aromatic heterocycles. The lowest BCUT2D eigenvalue weighted by Gasteiger charge is -2.22. The molecule has 8 heteroatoms. The fourth-order valence-corrected chi connectivity index (χ4v) is 2.47. The molecule has 2 amide bonds. The lowest BCUT2D eigenvalue weighted by atomic mass is 10.1. The smallest absolute Gasteiger partial charge is 0.245 e. The van der Waals surface area contributed by atoms with E-state index in [2.05, 4.69) is 34.6 Å². The van der Waals surface area contributed by atoms with Gasteiger partial charge in [-0.2, -0.15) is 10.1 Å². The molecule has 3 rings (SSSR count). The van der Waals surface area contributed by atoms with E-state index in [0.29, 0.717) is 29.9 Å². The van der Waals surface area contributed by atoms with Crippen molar-refractivity contribution in [2.75, 3.05) is 5.32 Å². The molecule has 1 aliphatic rings. The van der Waals surface area contributed by atoms with Crippen LogP contribution in [0.2, 0.25) is 0 Å². The maximum absolute atomic E-state index is 12.4. The molecule has 0 aromatic carbocycles. The van der Waals surface area contributed by atoms with Crippen LogP contribution < -0.4 is 10.6 Å². The van der Waals surface area contributed by atoms with Crippen LogP contribution in [0.3, 0.4) is 0 Å². The van der Waals surface area contributed by atoms with Crippen LogP contribution in [-0.2, 0) is 22.6 Å². The number of rotatable bonds is 5. The summed E-state index contributed by atoms with van der Waals surface area (Å²) in [5.74, 6) is 1.48. The van der Waals surface area contributed by atoms with Gasteiger partial charge in [0.1, 0.15) is 11.8 Å². The van der Waals surface area contributed by atoms with Crippen LogP contribution in [0.15, 0.2) is 22.8 Å². The van der Waals surface area contributed by atoms with Crippen LogP contribution in [0.4, 0.5) is 5.95 Å². The SMILES string of the molecule is CC(C)Cc1nc2n(n1)[C@H](C(=O)NCc1ccco1)CC(=O)N2. The summed E-state index contributed by atoms with van der Waals surface area (Å²) in [5, 5.41) is 9.80. The van der Waals surface area contributed by atoms with E-state index in [-0.39, 0.29) is 24.8 Å². The Labute approximate surface area is 133 Å². The van der Waals surface area contributed by atoms with E-state index >= 15 is 0 Å². The maximum atomic E-state index is 12.4. The van der Waals surface area contributed by atoms with Crippen molar-refractivity contribution in [3.8, 4) is 0 Å². The number of anilines is 1. The second-order valence-electron chi connectivity index (χ2n) is 5.96. The molecule has 122 valence electrons. The number of nitrogens with zero attached hydrogens (tertiary/aromatic N) is 3. The minimum atomic E-state index is -0.692. The summed E-state index contributed by atoms with van der Waals surface area (Å²) in [5.41, 5.74) is 0. The first kappa shape index (κ1) is 15.3. The van der Waals surface area contributed by atoms with Gasteiger partial charge in [-0.3, -0.25) is 14.9 Å². The molecule has 0 unspecified atom stereocenters. The molecule has 0 aliphatic carbocycles. The second-order valence-corrected chi connectivity index (χ2v) is 5.96. The van der Waals surface area contributed by atoms with Crippen molar-refractivity contribution in [1.29, 1.82) is 0 Å². The summed E-state index contributed by atoms with van der Waals surface area (Å²) < 4.78 is 6.68. The van der Waals surface area contributed by atoms with Crippen molar-refractivity contribution in [2.24, 2.45) is 5.92 Å². The molecular formula is C15H19N5O3. The topological polar surface area (TPSA) is 102 Å². The molecule has 0 spiro atoms. The second kappa shape index (κ2) is 6.23. The third-order valence-corrected chi connectivity index (χ3v) is 3.51. The Morgan fingerprint density at radius 2 is 2.39 bits per heavy atom. The first-order valence-electron chi connectivity index (χ1n) is 7.58. The van der Waals surface area contributed by atoms with Crippen molar-refractivity contribution < 1.29 is 14.0 Å². The van der Waals surface area contributed by atoms with Gasteiger partial charge in [0.25, 0.3) is 0 Å². The quantitative estimate of drug-likeness (QED) is 0.864. The molecule has 1 atom stereocenters. The highest BCUT2D eigenvalue weighted by atomic mass is 16.3. The summed E-state index contributed by atoms with van der Waals surface area (Å²) in [4.78, 5) is 28.5. The van der Waals surface area contributed by atoms with Gasteiger partial charge < -0.3 is 9.73 Å². The first-order chi connectivity index (χ1) is 11.0. The van der Waals surface area contributed by atoms with Gasteiger partial charge in [-0.25, -0.2) is 4.68 Å². The van der Waals surface area contributed by atoms with E-state index in [1.165, 1.54) is 4.68 Å². The van der Waals surface area contributed by atoms with Crippen molar-refractivity contribution in [3.05, 3.63) is 30.0 Å². The number of nitrogens with one attached hydrogen (secondary N) is 2. The number of hydrogen-bond acceptors (Lipinski definition) is 5. The van der Waals surface area contributed by atoms with Crippen molar-refractivity contribution in [1.82, 2.24) is 20.1 Å².